The Morgan fingerprint density at radius 1 is 1.25 bits per heavy atom. The first kappa shape index (κ1) is 12.9. The zero-order valence-electron chi connectivity index (χ0n) is 10.3. The summed E-state index contributed by atoms with van der Waals surface area (Å²) in [5.41, 5.74) is 1.34. The molecule has 2 aromatic rings. The van der Waals surface area contributed by atoms with E-state index in [1.54, 1.807) is 24.5 Å². The number of hydrogen-bond acceptors (Lipinski definition) is 3. The number of aromatic nitrogens is 2. The van der Waals surface area contributed by atoms with E-state index in [1.165, 1.54) is 16.7 Å². The monoisotopic (exact) mass is 333 g/mol. The van der Waals surface area contributed by atoms with Crippen molar-refractivity contribution < 1.29 is 4.39 Å². The summed E-state index contributed by atoms with van der Waals surface area (Å²) in [7, 11) is 0. The van der Waals surface area contributed by atoms with E-state index in [0.29, 0.717) is 28.1 Å². The van der Waals surface area contributed by atoms with Crippen LogP contribution in [0.3, 0.4) is 0 Å². The van der Waals surface area contributed by atoms with Crippen molar-refractivity contribution in [3.05, 3.63) is 63.0 Å². The molecule has 20 heavy (non-hydrogen) atoms. The predicted molar refractivity (Wildman–Crippen MR) is 78.8 cm³/mol. The Labute approximate surface area is 122 Å². The first-order valence-corrected chi connectivity index (χ1v) is 6.70. The van der Waals surface area contributed by atoms with Gasteiger partial charge >= 0.3 is 0 Å². The van der Waals surface area contributed by atoms with Gasteiger partial charge in [0, 0.05) is 23.7 Å². The first-order valence-electron chi connectivity index (χ1n) is 5.90. The second-order valence-electron chi connectivity index (χ2n) is 4.22. The summed E-state index contributed by atoms with van der Waals surface area (Å²) in [5.74, 6) is -0.347. The number of halogens is 2. The first-order chi connectivity index (χ1) is 9.65. The van der Waals surface area contributed by atoms with E-state index < -0.39 is 0 Å². The number of allylic oxidation sites excluding steroid dienone is 1. The van der Waals surface area contributed by atoms with Gasteiger partial charge in [0.25, 0.3) is 5.56 Å². The van der Waals surface area contributed by atoms with Gasteiger partial charge in [0.15, 0.2) is 0 Å². The van der Waals surface area contributed by atoms with Crippen molar-refractivity contribution in [1.29, 1.82) is 0 Å². The van der Waals surface area contributed by atoms with Crippen LogP contribution in [0.25, 0.3) is 11.3 Å². The number of hydrogen-bond donors (Lipinski definition) is 0. The summed E-state index contributed by atoms with van der Waals surface area (Å²) in [6.07, 6.45) is 5.03. The van der Waals surface area contributed by atoms with Gasteiger partial charge in [-0.2, -0.15) is 0 Å². The van der Waals surface area contributed by atoms with Crippen molar-refractivity contribution in [2.45, 2.75) is 0 Å². The molecule has 0 N–H and O–H groups in total. The number of aliphatic imine (C=N–C) groups is 1. The highest BCUT2D eigenvalue weighted by atomic mass is 79.9. The normalized spacial score (nSPS) is 13.6. The van der Waals surface area contributed by atoms with E-state index in [-0.39, 0.29) is 11.4 Å². The summed E-state index contributed by atoms with van der Waals surface area (Å²) in [5, 5.41) is 0. The van der Waals surface area contributed by atoms with Crippen LogP contribution in [0.5, 0.6) is 0 Å². The predicted octanol–water partition coefficient (Wildman–Crippen LogP) is 2.60. The maximum absolute atomic E-state index is 13.0. The summed E-state index contributed by atoms with van der Waals surface area (Å²) < 4.78 is 14.9. The van der Waals surface area contributed by atoms with Gasteiger partial charge in [0.1, 0.15) is 16.1 Å². The molecule has 1 aromatic carbocycles. The Morgan fingerprint density at radius 3 is 2.65 bits per heavy atom. The lowest BCUT2D eigenvalue weighted by molar-refractivity contribution is 0.627. The molecule has 0 amide bonds. The van der Waals surface area contributed by atoms with Crippen LogP contribution in [-0.2, 0) is 0 Å². The minimum absolute atomic E-state index is 0.264. The maximum atomic E-state index is 13.0. The van der Waals surface area contributed by atoms with Gasteiger partial charge in [-0.15, -0.1) is 0 Å². The lowest BCUT2D eigenvalue weighted by Gasteiger charge is -2.08. The van der Waals surface area contributed by atoms with Crippen LogP contribution in [0.15, 0.2) is 50.9 Å². The summed E-state index contributed by atoms with van der Waals surface area (Å²) >= 11 is 3.29. The quantitative estimate of drug-likeness (QED) is 0.848. The molecule has 0 atom stereocenters. The zero-order chi connectivity index (χ0) is 14.1. The SMILES string of the molecule is O=c1c(C2=CCN=C2)nc(Br)cn1-c1ccc(F)cc1. The minimum atomic E-state index is -0.347. The average molecular weight is 334 g/mol. The molecule has 0 aliphatic carbocycles. The van der Waals surface area contributed by atoms with E-state index in [2.05, 4.69) is 25.9 Å². The molecule has 4 nitrogen and oxygen atoms in total. The molecule has 2 heterocycles. The van der Waals surface area contributed by atoms with Crippen molar-refractivity contribution in [2.75, 3.05) is 6.54 Å². The Kier molecular flexibility index (Phi) is 3.31. The van der Waals surface area contributed by atoms with Crippen molar-refractivity contribution in [3.8, 4) is 5.69 Å². The molecule has 1 aliphatic rings. The van der Waals surface area contributed by atoms with E-state index >= 15 is 0 Å². The fourth-order valence-corrected chi connectivity index (χ4v) is 2.34. The van der Waals surface area contributed by atoms with Crippen LogP contribution in [0.4, 0.5) is 4.39 Å². The van der Waals surface area contributed by atoms with Gasteiger partial charge in [-0.05, 0) is 40.2 Å². The molecule has 0 unspecified atom stereocenters. The molecule has 6 heteroatoms. The minimum Gasteiger partial charge on any atom is -0.288 e. The average Bonchev–Trinajstić information content (AvgIpc) is 2.96. The Balaban J connectivity index is 2.19. The van der Waals surface area contributed by atoms with Crippen LogP contribution in [-0.4, -0.2) is 22.3 Å². The third kappa shape index (κ3) is 2.34. The largest absolute Gasteiger partial charge is 0.288 e. The van der Waals surface area contributed by atoms with Crippen LogP contribution >= 0.6 is 15.9 Å². The molecule has 0 spiro atoms. The molecule has 0 bridgehead atoms. The van der Waals surface area contributed by atoms with Crippen LogP contribution in [0.2, 0.25) is 0 Å². The molecule has 0 radical (unpaired) electrons. The lowest BCUT2D eigenvalue weighted by Crippen LogP contribution is -2.23. The van der Waals surface area contributed by atoms with Crippen LogP contribution in [0, 0.1) is 5.82 Å². The highest BCUT2D eigenvalue weighted by Crippen LogP contribution is 2.15. The molecule has 100 valence electrons. The summed E-state index contributed by atoms with van der Waals surface area (Å²) in [6.45, 7) is 0.555. The van der Waals surface area contributed by atoms with Gasteiger partial charge in [-0.3, -0.25) is 14.4 Å². The van der Waals surface area contributed by atoms with Gasteiger partial charge in [0.2, 0.25) is 0 Å². The number of benzene rings is 1. The molecular weight excluding hydrogens is 325 g/mol. The summed E-state index contributed by atoms with van der Waals surface area (Å²) in [4.78, 5) is 20.7. The van der Waals surface area contributed by atoms with Crippen molar-refractivity contribution in [1.82, 2.24) is 9.55 Å². The third-order valence-corrected chi connectivity index (χ3v) is 3.28. The third-order valence-electron chi connectivity index (χ3n) is 2.90. The highest BCUT2D eigenvalue weighted by Gasteiger charge is 2.14. The van der Waals surface area contributed by atoms with E-state index in [9.17, 15) is 9.18 Å². The van der Waals surface area contributed by atoms with Crippen molar-refractivity contribution in [3.63, 3.8) is 0 Å². The number of rotatable bonds is 2. The Bertz CT molecular complexity index is 778. The molecule has 1 aliphatic heterocycles. The highest BCUT2D eigenvalue weighted by molar-refractivity contribution is 9.10. The van der Waals surface area contributed by atoms with E-state index in [4.69, 9.17) is 0 Å². The standard InChI is InChI=1S/C14H9BrFN3O/c15-12-8-19(11-3-1-10(16)2-4-11)14(20)13(18-12)9-5-6-17-7-9/h1-5,7-8H,6H2. The molecule has 0 saturated carbocycles. The molecule has 0 saturated heterocycles. The second-order valence-corrected chi connectivity index (χ2v) is 5.03. The van der Waals surface area contributed by atoms with Crippen LogP contribution in [0.1, 0.15) is 5.69 Å². The lowest BCUT2D eigenvalue weighted by atomic mass is 10.2. The fraction of sp³-hybridized carbons (Fsp3) is 0.0714. The van der Waals surface area contributed by atoms with Crippen molar-refractivity contribution in [2.24, 2.45) is 4.99 Å². The smallest absolute Gasteiger partial charge is 0.281 e. The zero-order valence-corrected chi connectivity index (χ0v) is 11.8. The van der Waals surface area contributed by atoms with Gasteiger partial charge in [-0.1, -0.05) is 6.08 Å². The van der Waals surface area contributed by atoms with Gasteiger partial charge < -0.3 is 0 Å². The topological polar surface area (TPSA) is 47.2 Å². The molecule has 1 aromatic heterocycles. The maximum Gasteiger partial charge on any atom is 0.281 e. The van der Waals surface area contributed by atoms with Crippen LogP contribution < -0.4 is 5.56 Å². The van der Waals surface area contributed by atoms with E-state index in [0.717, 1.165) is 0 Å². The van der Waals surface area contributed by atoms with Gasteiger partial charge in [-0.25, -0.2) is 9.37 Å². The number of nitrogens with zero attached hydrogens (tertiary/aromatic N) is 3. The summed E-state index contributed by atoms with van der Waals surface area (Å²) in [6, 6.07) is 5.71. The Morgan fingerprint density at radius 2 is 2.00 bits per heavy atom. The van der Waals surface area contributed by atoms with Crippen molar-refractivity contribution >= 4 is 27.7 Å². The van der Waals surface area contributed by atoms with E-state index in [1.807, 2.05) is 6.08 Å². The Hall–Kier alpha value is -2.08. The second kappa shape index (κ2) is 5.13. The molecular formula is C14H9BrFN3O. The van der Waals surface area contributed by atoms with Gasteiger partial charge in [0.05, 0.1) is 6.54 Å². The molecule has 0 fully saturated rings. The fourth-order valence-electron chi connectivity index (χ4n) is 1.96. The molecule has 3 rings (SSSR count).